The number of amides is 1. The zero-order valence-corrected chi connectivity index (χ0v) is 10.1. The Morgan fingerprint density at radius 3 is 2.76 bits per heavy atom. The van der Waals surface area contributed by atoms with Gasteiger partial charge in [0, 0.05) is 31.2 Å². The molecule has 1 amide bonds. The van der Waals surface area contributed by atoms with Crippen molar-refractivity contribution in [1.82, 2.24) is 10.2 Å². The van der Waals surface area contributed by atoms with Crippen LogP contribution in [-0.2, 0) is 0 Å². The van der Waals surface area contributed by atoms with Gasteiger partial charge in [0.2, 0.25) is 0 Å². The number of nitrogen functional groups attached to an aromatic ring is 1. The Kier molecular flexibility index (Phi) is 3.83. The van der Waals surface area contributed by atoms with Crippen LogP contribution in [-0.4, -0.2) is 37.0 Å². The van der Waals surface area contributed by atoms with Crippen LogP contribution in [0.4, 0.5) is 5.69 Å². The fourth-order valence-electron chi connectivity index (χ4n) is 1.86. The van der Waals surface area contributed by atoms with Crippen molar-refractivity contribution in [1.29, 1.82) is 0 Å². The minimum absolute atomic E-state index is 0.0399. The van der Waals surface area contributed by atoms with Gasteiger partial charge in [-0.05, 0) is 18.2 Å². The van der Waals surface area contributed by atoms with Gasteiger partial charge in [0.1, 0.15) is 0 Å². The number of nitrogens with one attached hydrogen (secondary N) is 2. The van der Waals surface area contributed by atoms with Crippen molar-refractivity contribution in [2.24, 2.45) is 5.84 Å². The molecule has 2 rings (SSSR count). The number of hydrogen-bond acceptors (Lipinski definition) is 4. The maximum atomic E-state index is 12.3. The molecule has 1 heterocycles. The molecule has 17 heavy (non-hydrogen) atoms. The van der Waals surface area contributed by atoms with Crippen LogP contribution in [0.3, 0.4) is 0 Å². The molecule has 1 aromatic carbocycles. The third-order valence-corrected chi connectivity index (χ3v) is 3.01. The minimum Gasteiger partial charge on any atom is -0.336 e. The lowest BCUT2D eigenvalue weighted by molar-refractivity contribution is 0.0737. The number of rotatable bonds is 2. The van der Waals surface area contributed by atoms with E-state index in [0.29, 0.717) is 29.4 Å². The Morgan fingerprint density at radius 1 is 1.41 bits per heavy atom. The first kappa shape index (κ1) is 12.2. The largest absolute Gasteiger partial charge is 0.336 e. The van der Waals surface area contributed by atoms with Crippen LogP contribution in [0.5, 0.6) is 0 Å². The molecule has 92 valence electrons. The van der Waals surface area contributed by atoms with Crippen LogP contribution in [0.1, 0.15) is 10.4 Å². The van der Waals surface area contributed by atoms with Crippen molar-refractivity contribution in [3.05, 3.63) is 28.8 Å². The molecule has 5 nitrogen and oxygen atoms in total. The van der Waals surface area contributed by atoms with E-state index in [1.807, 2.05) is 0 Å². The number of carbonyl (C=O) groups excluding carboxylic acids is 1. The molecule has 1 saturated heterocycles. The molecular weight excluding hydrogens is 240 g/mol. The summed E-state index contributed by atoms with van der Waals surface area (Å²) in [6.07, 6.45) is 0. The van der Waals surface area contributed by atoms with Crippen molar-refractivity contribution in [3.63, 3.8) is 0 Å². The van der Waals surface area contributed by atoms with Crippen LogP contribution in [0.15, 0.2) is 18.2 Å². The molecule has 0 aromatic heterocycles. The summed E-state index contributed by atoms with van der Waals surface area (Å²) in [6, 6.07) is 5.05. The third-order valence-electron chi connectivity index (χ3n) is 2.77. The number of piperazine rings is 1. The van der Waals surface area contributed by atoms with Crippen LogP contribution in [0.2, 0.25) is 5.02 Å². The summed E-state index contributed by atoms with van der Waals surface area (Å²) >= 11 is 5.91. The van der Waals surface area contributed by atoms with Gasteiger partial charge < -0.3 is 15.6 Å². The number of benzene rings is 1. The number of hydrogen-bond donors (Lipinski definition) is 3. The molecule has 1 aromatic rings. The lowest BCUT2D eigenvalue weighted by Crippen LogP contribution is -2.46. The van der Waals surface area contributed by atoms with Gasteiger partial charge in [0.25, 0.3) is 5.91 Å². The number of nitrogens with zero attached hydrogens (tertiary/aromatic N) is 1. The van der Waals surface area contributed by atoms with Crippen molar-refractivity contribution >= 4 is 23.2 Å². The van der Waals surface area contributed by atoms with Crippen molar-refractivity contribution in [2.75, 3.05) is 31.6 Å². The number of anilines is 1. The van der Waals surface area contributed by atoms with E-state index >= 15 is 0 Å². The van der Waals surface area contributed by atoms with Crippen molar-refractivity contribution < 1.29 is 4.79 Å². The fraction of sp³-hybridized carbons (Fsp3) is 0.364. The van der Waals surface area contributed by atoms with Gasteiger partial charge >= 0.3 is 0 Å². The zero-order chi connectivity index (χ0) is 12.3. The summed E-state index contributed by atoms with van der Waals surface area (Å²) in [6.45, 7) is 3.04. The SMILES string of the molecule is NNc1ccc(Cl)cc1C(=O)N1CCNCC1. The van der Waals surface area contributed by atoms with Gasteiger partial charge in [-0.15, -0.1) is 0 Å². The zero-order valence-electron chi connectivity index (χ0n) is 9.37. The maximum Gasteiger partial charge on any atom is 0.256 e. The molecule has 0 aliphatic carbocycles. The summed E-state index contributed by atoms with van der Waals surface area (Å²) in [7, 11) is 0. The Balaban J connectivity index is 2.25. The highest BCUT2D eigenvalue weighted by Gasteiger charge is 2.20. The Bertz CT molecular complexity index is 418. The van der Waals surface area contributed by atoms with Crippen LogP contribution >= 0.6 is 11.6 Å². The van der Waals surface area contributed by atoms with E-state index in [-0.39, 0.29) is 5.91 Å². The average Bonchev–Trinajstić information content (AvgIpc) is 2.39. The molecule has 0 radical (unpaired) electrons. The first-order valence-corrected chi connectivity index (χ1v) is 5.86. The maximum absolute atomic E-state index is 12.3. The highest BCUT2D eigenvalue weighted by atomic mass is 35.5. The lowest BCUT2D eigenvalue weighted by Gasteiger charge is -2.28. The fourth-order valence-corrected chi connectivity index (χ4v) is 2.03. The van der Waals surface area contributed by atoms with Crippen LogP contribution in [0.25, 0.3) is 0 Å². The standard InChI is InChI=1S/C11H15ClN4O/c12-8-1-2-10(15-13)9(7-8)11(17)16-5-3-14-4-6-16/h1-2,7,14-15H,3-6,13H2. The summed E-state index contributed by atoms with van der Waals surface area (Å²) in [5, 5.41) is 3.73. The van der Waals surface area contributed by atoms with Gasteiger partial charge in [-0.1, -0.05) is 11.6 Å². The number of halogens is 1. The molecule has 0 atom stereocenters. The predicted octanol–water partition coefficient (Wildman–Crippen LogP) is 0.671. The molecule has 0 unspecified atom stereocenters. The Hall–Kier alpha value is -1.30. The van der Waals surface area contributed by atoms with E-state index in [1.54, 1.807) is 23.1 Å². The van der Waals surface area contributed by atoms with Crippen LogP contribution < -0.4 is 16.6 Å². The molecule has 1 aliphatic rings. The Labute approximate surface area is 105 Å². The van der Waals surface area contributed by atoms with E-state index in [1.165, 1.54) is 0 Å². The summed E-state index contributed by atoms with van der Waals surface area (Å²) in [5.74, 6) is 5.35. The highest BCUT2D eigenvalue weighted by molar-refractivity contribution is 6.31. The molecule has 0 saturated carbocycles. The van der Waals surface area contributed by atoms with Crippen molar-refractivity contribution in [3.8, 4) is 0 Å². The Morgan fingerprint density at radius 2 is 2.12 bits per heavy atom. The highest BCUT2D eigenvalue weighted by Crippen LogP contribution is 2.21. The first-order valence-electron chi connectivity index (χ1n) is 5.48. The number of carbonyl (C=O) groups is 1. The number of hydrazine groups is 1. The van der Waals surface area contributed by atoms with E-state index in [2.05, 4.69) is 10.7 Å². The third kappa shape index (κ3) is 2.69. The molecule has 4 N–H and O–H groups in total. The van der Waals surface area contributed by atoms with E-state index in [9.17, 15) is 4.79 Å². The first-order chi connectivity index (χ1) is 8.22. The molecule has 1 aliphatic heterocycles. The minimum atomic E-state index is -0.0399. The average molecular weight is 255 g/mol. The summed E-state index contributed by atoms with van der Waals surface area (Å²) in [4.78, 5) is 14.1. The van der Waals surface area contributed by atoms with Gasteiger partial charge in [-0.2, -0.15) is 0 Å². The monoisotopic (exact) mass is 254 g/mol. The molecule has 0 bridgehead atoms. The molecule has 6 heteroatoms. The topological polar surface area (TPSA) is 70.4 Å². The summed E-state index contributed by atoms with van der Waals surface area (Å²) in [5.41, 5.74) is 3.63. The lowest BCUT2D eigenvalue weighted by atomic mass is 10.1. The van der Waals surface area contributed by atoms with Gasteiger partial charge in [0.15, 0.2) is 0 Å². The normalized spacial score (nSPS) is 15.8. The summed E-state index contributed by atoms with van der Waals surface area (Å²) < 4.78 is 0. The van der Waals surface area contributed by atoms with Gasteiger partial charge in [-0.3, -0.25) is 10.6 Å². The second kappa shape index (κ2) is 5.35. The molecular formula is C11H15ClN4O. The smallest absolute Gasteiger partial charge is 0.256 e. The van der Waals surface area contributed by atoms with Gasteiger partial charge in [-0.25, -0.2) is 0 Å². The predicted molar refractivity (Wildman–Crippen MR) is 68.0 cm³/mol. The molecule has 0 spiro atoms. The van der Waals surface area contributed by atoms with E-state index in [4.69, 9.17) is 17.4 Å². The van der Waals surface area contributed by atoms with Crippen molar-refractivity contribution in [2.45, 2.75) is 0 Å². The number of nitrogens with two attached hydrogens (primary N) is 1. The second-order valence-electron chi connectivity index (χ2n) is 3.88. The second-order valence-corrected chi connectivity index (χ2v) is 4.31. The molecule has 1 fully saturated rings. The van der Waals surface area contributed by atoms with E-state index < -0.39 is 0 Å². The van der Waals surface area contributed by atoms with Gasteiger partial charge in [0.05, 0.1) is 11.3 Å². The van der Waals surface area contributed by atoms with Crippen LogP contribution in [0, 0.1) is 0 Å². The quantitative estimate of drug-likeness (QED) is 0.536. The van der Waals surface area contributed by atoms with E-state index in [0.717, 1.165) is 13.1 Å².